The van der Waals surface area contributed by atoms with Gasteiger partial charge in [-0.05, 0) is 42.3 Å². The third-order valence-corrected chi connectivity index (χ3v) is 3.09. The van der Waals surface area contributed by atoms with Gasteiger partial charge in [0.1, 0.15) is 0 Å². The molecule has 2 aromatic rings. The lowest BCUT2D eigenvalue weighted by atomic mass is 10.1. The first-order chi connectivity index (χ1) is 9.06. The van der Waals surface area contributed by atoms with E-state index in [0.29, 0.717) is 22.8 Å². The first-order valence-corrected chi connectivity index (χ1v) is 6.33. The molecule has 0 saturated carbocycles. The number of aryl methyl sites for hydroxylation is 1. The van der Waals surface area contributed by atoms with E-state index in [1.807, 2.05) is 37.3 Å². The zero-order valence-corrected chi connectivity index (χ0v) is 11.4. The average Bonchev–Trinajstić information content (AvgIpc) is 2.36. The molecule has 4 heteroatoms. The van der Waals surface area contributed by atoms with Crippen molar-refractivity contribution in [1.82, 2.24) is 5.32 Å². The number of nitrogens with two attached hydrogens (primary N) is 1. The third kappa shape index (κ3) is 3.48. The standard InChI is InChI=1S/C15H15ClN2O/c1-10-5-6-13(14(16)7-10)15(19)18-9-11-3-2-4-12(17)8-11/h2-8H,9,17H2,1H3,(H,18,19). The maximum atomic E-state index is 12.0. The van der Waals surface area contributed by atoms with E-state index < -0.39 is 0 Å². The lowest BCUT2D eigenvalue weighted by molar-refractivity contribution is 0.0951. The van der Waals surface area contributed by atoms with Gasteiger partial charge in [0.05, 0.1) is 10.6 Å². The first kappa shape index (κ1) is 13.4. The molecule has 0 radical (unpaired) electrons. The summed E-state index contributed by atoms with van der Waals surface area (Å²) in [6.07, 6.45) is 0. The van der Waals surface area contributed by atoms with Crippen LogP contribution in [0.2, 0.25) is 5.02 Å². The van der Waals surface area contributed by atoms with Gasteiger partial charge in [0, 0.05) is 12.2 Å². The Hall–Kier alpha value is -2.00. The fraction of sp³-hybridized carbons (Fsp3) is 0.133. The highest BCUT2D eigenvalue weighted by Crippen LogP contribution is 2.17. The molecule has 3 nitrogen and oxygen atoms in total. The minimum Gasteiger partial charge on any atom is -0.399 e. The van der Waals surface area contributed by atoms with Crippen molar-refractivity contribution in [1.29, 1.82) is 0 Å². The Morgan fingerprint density at radius 2 is 2.05 bits per heavy atom. The molecule has 0 bridgehead atoms. The van der Waals surface area contributed by atoms with Crippen molar-refractivity contribution in [2.45, 2.75) is 13.5 Å². The highest BCUT2D eigenvalue weighted by Gasteiger charge is 2.09. The van der Waals surface area contributed by atoms with E-state index >= 15 is 0 Å². The number of hydrogen-bond acceptors (Lipinski definition) is 2. The molecule has 0 aliphatic rings. The molecule has 19 heavy (non-hydrogen) atoms. The molecule has 3 N–H and O–H groups in total. The summed E-state index contributed by atoms with van der Waals surface area (Å²) in [5, 5.41) is 3.29. The van der Waals surface area contributed by atoms with Crippen molar-refractivity contribution >= 4 is 23.2 Å². The van der Waals surface area contributed by atoms with Crippen LogP contribution in [0.15, 0.2) is 42.5 Å². The lowest BCUT2D eigenvalue weighted by Crippen LogP contribution is -2.23. The van der Waals surface area contributed by atoms with E-state index in [1.165, 1.54) is 0 Å². The van der Waals surface area contributed by atoms with Crippen molar-refractivity contribution in [2.24, 2.45) is 0 Å². The monoisotopic (exact) mass is 274 g/mol. The predicted octanol–water partition coefficient (Wildman–Crippen LogP) is 3.16. The largest absolute Gasteiger partial charge is 0.399 e. The molecule has 0 aromatic heterocycles. The zero-order valence-electron chi connectivity index (χ0n) is 10.6. The van der Waals surface area contributed by atoms with Gasteiger partial charge in [-0.25, -0.2) is 0 Å². The number of nitrogen functional groups attached to an aromatic ring is 1. The Balaban J connectivity index is 2.05. The Bertz CT molecular complexity index is 611. The second-order valence-electron chi connectivity index (χ2n) is 4.41. The van der Waals surface area contributed by atoms with Crippen LogP contribution >= 0.6 is 11.6 Å². The Kier molecular flexibility index (Phi) is 4.07. The molecule has 0 atom stereocenters. The highest BCUT2D eigenvalue weighted by molar-refractivity contribution is 6.33. The van der Waals surface area contributed by atoms with Crippen molar-refractivity contribution in [3.05, 3.63) is 64.2 Å². The fourth-order valence-electron chi connectivity index (χ4n) is 1.78. The van der Waals surface area contributed by atoms with Crippen molar-refractivity contribution in [3.8, 4) is 0 Å². The van der Waals surface area contributed by atoms with Crippen LogP contribution in [-0.2, 0) is 6.54 Å². The van der Waals surface area contributed by atoms with Crippen molar-refractivity contribution in [3.63, 3.8) is 0 Å². The molecule has 0 saturated heterocycles. The summed E-state index contributed by atoms with van der Waals surface area (Å²) in [6.45, 7) is 2.36. The quantitative estimate of drug-likeness (QED) is 0.845. The van der Waals surface area contributed by atoms with Gasteiger partial charge >= 0.3 is 0 Å². The molecule has 0 aliphatic heterocycles. The van der Waals surface area contributed by atoms with Crippen LogP contribution in [-0.4, -0.2) is 5.91 Å². The summed E-state index contributed by atoms with van der Waals surface area (Å²) in [5.41, 5.74) is 8.83. The van der Waals surface area contributed by atoms with Crippen LogP contribution in [0, 0.1) is 6.92 Å². The Labute approximate surface area is 117 Å². The summed E-state index contributed by atoms with van der Waals surface area (Å²) >= 11 is 6.05. The van der Waals surface area contributed by atoms with E-state index in [-0.39, 0.29) is 5.91 Å². The molecule has 98 valence electrons. The van der Waals surface area contributed by atoms with Crippen LogP contribution in [0.25, 0.3) is 0 Å². The van der Waals surface area contributed by atoms with Gasteiger partial charge in [-0.1, -0.05) is 29.8 Å². The molecule has 2 rings (SSSR count). The number of anilines is 1. The van der Waals surface area contributed by atoms with Gasteiger partial charge in [-0.2, -0.15) is 0 Å². The number of carbonyl (C=O) groups excluding carboxylic acids is 1. The molecule has 0 heterocycles. The average molecular weight is 275 g/mol. The second kappa shape index (κ2) is 5.76. The molecule has 0 aliphatic carbocycles. The van der Waals surface area contributed by atoms with Crippen LogP contribution in [0.4, 0.5) is 5.69 Å². The topological polar surface area (TPSA) is 55.1 Å². The Morgan fingerprint density at radius 1 is 1.26 bits per heavy atom. The molecular weight excluding hydrogens is 260 g/mol. The van der Waals surface area contributed by atoms with Gasteiger partial charge in [-0.15, -0.1) is 0 Å². The van der Waals surface area contributed by atoms with Crippen LogP contribution < -0.4 is 11.1 Å². The first-order valence-electron chi connectivity index (χ1n) is 5.95. The molecule has 2 aromatic carbocycles. The van der Waals surface area contributed by atoms with Gasteiger partial charge in [0.25, 0.3) is 5.91 Å². The minimum absolute atomic E-state index is 0.188. The van der Waals surface area contributed by atoms with Gasteiger partial charge in [-0.3, -0.25) is 4.79 Å². The number of benzene rings is 2. The minimum atomic E-state index is -0.188. The van der Waals surface area contributed by atoms with Crippen LogP contribution in [0.1, 0.15) is 21.5 Å². The highest BCUT2D eigenvalue weighted by atomic mass is 35.5. The number of carbonyl (C=O) groups is 1. The van der Waals surface area contributed by atoms with E-state index in [4.69, 9.17) is 17.3 Å². The number of halogens is 1. The van der Waals surface area contributed by atoms with E-state index in [9.17, 15) is 4.79 Å². The number of hydrogen-bond donors (Lipinski definition) is 2. The third-order valence-electron chi connectivity index (χ3n) is 2.77. The smallest absolute Gasteiger partial charge is 0.253 e. The van der Waals surface area contributed by atoms with Gasteiger partial charge in [0.2, 0.25) is 0 Å². The number of nitrogens with one attached hydrogen (secondary N) is 1. The zero-order chi connectivity index (χ0) is 13.8. The van der Waals surface area contributed by atoms with E-state index in [1.54, 1.807) is 12.1 Å². The molecule has 0 fully saturated rings. The van der Waals surface area contributed by atoms with Gasteiger partial charge in [0.15, 0.2) is 0 Å². The summed E-state index contributed by atoms with van der Waals surface area (Å²) in [5.74, 6) is -0.188. The summed E-state index contributed by atoms with van der Waals surface area (Å²) in [7, 11) is 0. The fourth-order valence-corrected chi connectivity index (χ4v) is 2.11. The predicted molar refractivity (Wildman–Crippen MR) is 78.2 cm³/mol. The Morgan fingerprint density at radius 3 is 2.74 bits per heavy atom. The summed E-state index contributed by atoms with van der Waals surface area (Å²) in [4.78, 5) is 12.0. The molecule has 1 amide bonds. The maximum Gasteiger partial charge on any atom is 0.253 e. The van der Waals surface area contributed by atoms with Crippen LogP contribution in [0.3, 0.4) is 0 Å². The maximum absolute atomic E-state index is 12.0. The lowest BCUT2D eigenvalue weighted by Gasteiger charge is -2.08. The normalized spacial score (nSPS) is 10.2. The number of rotatable bonds is 3. The van der Waals surface area contributed by atoms with Crippen LogP contribution in [0.5, 0.6) is 0 Å². The summed E-state index contributed by atoms with van der Waals surface area (Å²) < 4.78 is 0. The molecule has 0 unspecified atom stereocenters. The van der Waals surface area contributed by atoms with Crippen molar-refractivity contribution < 1.29 is 4.79 Å². The van der Waals surface area contributed by atoms with Crippen molar-refractivity contribution in [2.75, 3.05) is 5.73 Å². The second-order valence-corrected chi connectivity index (χ2v) is 4.82. The molecular formula is C15H15ClN2O. The SMILES string of the molecule is Cc1ccc(C(=O)NCc2cccc(N)c2)c(Cl)c1. The van der Waals surface area contributed by atoms with E-state index in [2.05, 4.69) is 5.32 Å². The number of amides is 1. The van der Waals surface area contributed by atoms with Gasteiger partial charge < -0.3 is 11.1 Å². The molecule has 0 spiro atoms. The summed E-state index contributed by atoms with van der Waals surface area (Å²) in [6, 6.07) is 12.8. The van der Waals surface area contributed by atoms with E-state index in [0.717, 1.165) is 11.1 Å².